The molecule has 5 heteroatoms. The van der Waals surface area contributed by atoms with Gasteiger partial charge in [-0.1, -0.05) is 12.1 Å². The summed E-state index contributed by atoms with van der Waals surface area (Å²) in [5, 5.41) is 4.26. The van der Waals surface area contributed by atoms with Gasteiger partial charge in [0.25, 0.3) is 0 Å². The minimum Gasteiger partial charge on any atom is -0.497 e. The van der Waals surface area contributed by atoms with Crippen molar-refractivity contribution < 1.29 is 4.74 Å². The summed E-state index contributed by atoms with van der Waals surface area (Å²) in [6.45, 7) is 2.89. The fourth-order valence-electron chi connectivity index (χ4n) is 1.91. The van der Waals surface area contributed by atoms with Crippen LogP contribution in [0.3, 0.4) is 0 Å². The fourth-order valence-corrected chi connectivity index (χ4v) is 1.91. The maximum Gasteiger partial charge on any atom is 0.119 e. The van der Waals surface area contributed by atoms with Gasteiger partial charge >= 0.3 is 0 Å². The van der Waals surface area contributed by atoms with E-state index in [1.807, 2.05) is 48.3 Å². The largest absolute Gasteiger partial charge is 0.497 e. The molecule has 2 rings (SSSR count). The SMILES string of the molecule is CCn1cc(C(NN)c2cccc(OC)c2)cn1. The zero-order valence-electron chi connectivity index (χ0n) is 10.6. The van der Waals surface area contributed by atoms with Gasteiger partial charge in [0.15, 0.2) is 0 Å². The van der Waals surface area contributed by atoms with E-state index in [-0.39, 0.29) is 6.04 Å². The van der Waals surface area contributed by atoms with Crippen LogP contribution in [0.15, 0.2) is 36.7 Å². The molecule has 0 aliphatic heterocycles. The van der Waals surface area contributed by atoms with Crippen molar-refractivity contribution >= 4 is 0 Å². The Morgan fingerprint density at radius 2 is 2.28 bits per heavy atom. The average Bonchev–Trinajstić information content (AvgIpc) is 2.88. The fraction of sp³-hybridized carbons (Fsp3) is 0.308. The number of nitrogens with two attached hydrogens (primary N) is 1. The van der Waals surface area contributed by atoms with Crippen molar-refractivity contribution in [1.29, 1.82) is 0 Å². The van der Waals surface area contributed by atoms with Crippen molar-refractivity contribution in [1.82, 2.24) is 15.2 Å². The van der Waals surface area contributed by atoms with Crippen LogP contribution in [0.2, 0.25) is 0 Å². The standard InChI is InChI=1S/C13H18N4O/c1-3-17-9-11(8-15-17)13(16-14)10-5-4-6-12(7-10)18-2/h4-9,13,16H,3,14H2,1-2H3. The lowest BCUT2D eigenvalue weighted by atomic mass is 10.0. The first-order valence-corrected chi connectivity index (χ1v) is 5.91. The minimum atomic E-state index is -0.0830. The normalized spacial score (nSPS) is 12.4. The number of nitrogens with zero attached hydrogens (tertiary/aromatic N) is 2. The van der Waals surface area contributed by atoms with Crippen LogP contribution in [0.1, 0.15) is 24.1 Å². The molecule has 0 radical (unpaired) electrons. The Kier molecular flexibility index (Phi) is 3.96. The molecule has 0 amide bonds. The number of aryl methyl sites for hydroxylation is 1. The summed E-state index contributed by atoms with van der Waals surface area (Å²) in [5.41, 5.74) is 4.90. The average molecular weight is 246 g/mol. The van der Waals surface area contributed by atoms with E-state index in [1.165, 1.54) is 0 Å². The lowest BCUT2D eigenvalue weighted by Crippen LogP contribution is -2.28. The summed E-state index contributed by atoms with van der Waals surface area (Å²) in [6.07, 6.45) is 3.82. The lowest BCUT2D eigenvalue weighted by molar-refractivity contribution is 0.413. The van der Waals surface area contributed by atoms with Gasteiger partial charge in [-0.3, -0.25) is 10.5 Å². The van der Waals surface area contributed by atoms with E-state index >= 15 is 0 Å². The molecule has 0 spiro atoms. The van der Waals surface area contributed by atoms with Crippen molar-refractivity contribution in [3.05, 3.63) is 47.8 Å². The summed E-state index contributed by atoms with van der Waals surface area (Å²) in [6, 6.07) is 7.75. The zero-order valence-corrected chi connectivity index (χ0v) is 10.6. The van der Waals surface area contributed by atoms with Crippen LogP contribution in [-0.4, -0.2) is 16.9 Å². The van der Waals surface area contributed by atoms with E-state index < -0.39 is 0 Å². The molecule has 0 bridgehead atoms. The highest BCUT2D eigenvalue weighted by Crippen LogP contribution is 2.24. The summed E-state index contributed by atoms with van der Waals surface area (Å²) in [7, 11) is 1.65. The number of hydrazine groups is 1. The second-order valence-electron chi connectivity index (χ2n) is 4.01. The van der Waals surface area contributed by atoms with E-state index in [4.69, 9.17) is 10.6 Å². The molecule has 5 nitrogen and oxygen atoms in total. The van der Waals surface area contributed by atoms with Gasteiger partial charge in [-0.25, -0.2) is 5.43 Å². The molecule has 1 aromatic carbocycles. The molecule has 1 heterocycles. The minimum absolute atomic E-state index is 0.0830. The number of hydrogen-bond acceptors (Lipinski definition) is 4. The van der Waals surface area contributed by atoms with Crippen LogP contribution < -0.4 is 16.0 Å². The Morgan fingerprint density at radius 3 is 2.89 bits per heavy atom. The summed E-state index contributed by atoms with van der Waals surface area (Å²) < 4.78 is 7.10. The first-order chi connectivity index (χ1) is 8.78. The number of aromatic nitrogens is 2. The molecular formula is C13H18N4O. The molecule has 1 aromatic heterocycles. The van der Waals surface area contributed by atoms with Gasteiger partial charge in [-0.05, 0) is 24.6 Å². The van der Waals surface area contributed by atoms with Crippen molar-refractivity contribution in [2.24, 2.45) is 5.84 Å². The van der Waals surface area contributed by atoms with E-state index in [9.17, 15) is 0 Å². The number of nitrogens with one attached hydrogen (secondary N) is 1. The predicted molar refractivity (Wildman–Crippen MR) is 70.1 cm³/mol. The lowest BCUT2D eigenvalue weighted by Gasteiger charge is -2.15. The third-order valence-corrected chi connectivity index (χ3v) is 2.90. The molecule has 96 valence electrons. The van der Waals surface area contributed by atoms with Crippen LogP contribution in [0.5, 0.6) is 5.75 Å². The highest BCUT2D eigenvalue weighted by Gasteiger charge is 2.14. The van der Waals surface area contributed by atoms with Crippen molar-refractivity contribution in [3.8, 4) is 5.75 Å². The van der Waals surface area contributed by atoms with Gasteiger partial charge in [0, 0.05) is 18.3 Å². The van der Waals surface area contributed by atoms with Crippen molar-refractivity contribution in [2.75, 3.05) is 7.11 Å². The first-order valence-electron chi connectivity index (χ1n) is 5.91. The second kappa shape index (κ2) is 5.66. The van der Waals surface area contributed by atoms with E-state index in [1.54, 1.807) is 7.11 Å². The Bertz CT molecular complexity index is 509. The zero-order chi connectivity index (χ0) is 13.0. The van der Waals surface area contributed by atoms with Gasteiger partial charge in [0.2, 0.25) is 0 Å². The quantitative estimate of drug-likeness (QED) is 0.619. The Labute approximate surface area is 107 Å². The summed E-state index contributed by atoms with van der Waals surface area (Å²) >= 11 is 0. The molecule has 0 saturated carbocycles. The van der Waals surface area contributed by atoms with Crippen LogP contribution in [0.4, 0.5) is 0 Å². The number of hydrogen-bond donors (Lipinski definition) is 2. The van der Waals surface area contributed by atoms with Crippen molar-refractivity contribution in [2.45, 2.75) is 19.5 Å². The Balaban J connectivity index is 2.32. The molecule has 0 aliphatic carbocycles. The second-order valence-corrected chi connectivity index (χ2v) is 4.01. The molecule has 0 aliphatic rings. The van der Waals surface area contributed by atoms with E-state index in [2.05, 4.69) is 10.5 Å². The predicted octanol–water partition coefficient (Wildman–Crippen LogP) is 1.46. The molecule has 0 fully saturated rings. The van der Waals surface area contributed by atoms with E-state index in [0.717, 1.165) is 23.4 Å². The van der Waals surface area contributed by atoms with Gasteiger partial charge in [-0.15, -0.1) is 0 Å². The third-order valence-electron chi connectivity index (χ3n) is 2.90. The summed E-state index contributed by atoms with van der Waals surface area (Å²) in [5.74, 6) is 6.47. The van der Waals surface area contributed by atoms with Crippen LogP contribution in [0, 0.1) is 0 Å². The van der Waals surface area contributed by atoms with Crippen LogP contribution in [0.25, 0.3) is 0 Å². The monoisotopic (exact) mass is 246 g/mol. The highest BCUT2D eigenvalue weighted by atomic mass is 16.5. The highest BCUT2D eigenvalue weighted by molar-refractivity contribution is 5.35. The topological polar surface area (TPSA) is 65.1 Å². The maximum atomic E-state index is 5.65. The van der Waals surface area contributed by atoms with Gasteiger partial charge in [-0.2, -0.15) is 5.10 Å². The number of rotatable bonds is 5. The number of benzene rings is 1. The first kappa shape index (κ1) is 12.6. The molecule has 1 atom stereocenters. The van der Waals surface area contributed by atoms with Gasteiger partial charge in [0.1, 0.15) is 5.75 Å². The molecule has 0 saturated heterocycles. The summed E-state index contributed by atoms with van der Waals surface area (Å²) in [4.78, 5) is 0. The van der Waals surface area contributed by atoms with Crippen LogP contribution in [-0.2, 0) is 6.54 Å². The van der Waals surface area contributed by atoms with Crippen LogP contribution >= 0.6 is 0 Å². The Morgan fingerprint density at radius 1 is 1.44 bits per heavy atom. The number of ether oxygens (including phenoxy) is 1. The van der Waals surface area contributed by atoms with Gasteiger partial charge in [0.05, 0.1) is 19.3 Å². The van der Waals surface area contributed by atoms with E-state index in [0.29, 0.717) is 0 Å². The molecule has 3 N–H and O–H groups in total. The smallest absolute Gasteiger partial charge is 0.119 e. The molecule has 2 aromatic rings. The van der Waals surface area contributed by atoms with Crippen molar-refractivity contribution in [3.63, 3.8) is 0 Å². The number of methoxy groups -OCH3 is 1. The molecule has 18 heavy (non-hydrogen) atoms. The maximum absolute atomic E-state index is 5.65. The van der Waals surface area contributed by atoms with Gasteiger partial charge < -0.3 is 4.74 Å². The molecular weight excluding hydrogens is 228 g/mol. The third kappa shape index (κ3) is 2.52. The Hall–Kier alpha value is -1.85. The molecule has 1 unspecified atom stereocenters.